The van der Waals surface area contributed by atoms with Crippen molar-refractivity contribution in [3.05, 3.63) is 35.9 Å². The van der Waals surface area contributed by atoms with Crippen molar-refractivity contribution in [2.75, 3.05) is 46.1 Å². The third-order valence-corrected chi connectivity index (χ3v) is 5.63. The molecule has 0 aliphatic carbocycles. The number of nitrogens with zero attached hydrogens (tertiary/aromatic N) is 1. The Balaban J connectivity index is 2.88. The highest BCUT2D eigenvalue weighted by atomic mass is 16.6. The van der Waals surface area contributed by atoms with E-state index in [1.807, 2.05) is 23.1 Å². The highest BCUT2D eigenvalue weighted by Gasteiger charge is 2.34. The molecule has 32 heavy (non-hydrogen) atoms. The Morgan fingerprint density at radius 2 is 1.34 bits per heavy atom. The zero-order valence-corrected chi connectivity index (χ0v) is 21.1. The first-order valence-corrected chi connectivity index (χ1v) is 12.8. The lowest BCUT2D eigenvalue weighted by Crippen LogP contribution is -2.42. The third-order valence-electron chi connectivity index (χ3n) is 5.63. The van der Waals surface area contributed by atoms with E-state index in [2.05, 4.69) is 39.8 Å². The lowest BCUT2D eigenvalue weighted by molar-refractivity contribution is -0.155. The fourth-order valence-corrected chi connectivity index (χ4v) is 3.47. The third kappa shape index (κ3) is 10.9. The molecule has 1 aromatic rings. The lowest BCUT2D eigenvalue weighted by Gasteiger charge is -2.34. The second-order valence-corrected chi connectivity index (χ2v) is 8.55. The fourth-order valence-electron chi connectivity index (χ4n) is 3.47. The molecule has 184 valence electrons. The van der Waals surface area contributed by atoms with Gasteiger partial charge in [0, 0.05) is 26.3 Å². The minimum Gasteiger partial charge on any atom is -0.378 e. The molecule has 0 aliphatic heterocycles. The first-order chi connectivity index (χ1) is 15.6. The number of unbranched alkanes of at least 4 members (excludes halogenated alkanes) is 4. The Labute approximate surface area is 196 Å². The van der Waals surface area contributed by atoms with Gasteiger partial charge in [-0.05, 0) is 31.2 Å². The number of carbonyl (C=O) groups excluding carboxylic acids is 1. The van der Waals surface area contributed by atoms with E-state index in [9.17, 15) is 4.79 Å². The zero-order chi connectivity index (χ0) is 23.5. The Morgan fingerprint density at radius 1 is 0.781 bits per heavy atom. The van der Waals surface area contributed by atoms with Gasteiger partial charge in [-0.15, -0.1) is 0 Å². The quantitative estimate of drug-likeness (QED) is 0.230. The predicted molar refractivity (Wildman–Crippen MR) is 132 cm³/mol. The molecule has 0 saturated carbocycles. The molecule has 0 bridgehead atoms. The largest absolute Gasteiger partial charge is 0.378 e. The second-order valence-electron chi connectivity index (χ2n) is 8.55. The van der Waals surface area contributed by atoms with Gasteiger partial charge in [0.25, 0.3) is 0 Å². The number of benzene rings is 1. The van der Waals surface area contributed by atoms with Crippen molar-refractivity contribution in [2.24, 2.45) is 0 Å². The van der Waals surface area contributed by atoms with Gasteiger partial charge in [0.15, 0.2) is 0 Å². The minimum absolute atomic E-state index is 0.0642. The number of rotatable bonds is 20. The summed E-state index contributed by atoms with van der Waals surface area (Å²) in [6.45, 7) is 12.4. The topological polar surface area (TPSA) is 48.0 Å². The van der Waals surface area contributed by atoms with Crippen molar-refractivity contribution in [1.82, 2.24) is 4.90 Å². The average Bonchev–Trinajstić information content (AvgIpc) is 2.82. The van der Waals surface area contributed by atoms with E-state index in [0.29, 0.717) is 26.4 Å². The van der Waals surface area contributed by atoms with Crippen LogP contribution in [0.3, 0.4) is 0 Å². The van der Waals surface area contributed by atoms with Gasteiger partial charge in [-0.1, -0.05) is 83.7 Å². The van der Waals surface area contributed by atoms with Crippen LogP contribution in [0.1, 0.15) is 84.6 Å². The maximum Gasteiger partial charge on any atom is 0.248 e. The summed E-state index contributed by atoms with van der Waals surface area (Å²) in [5, 5.41) is 0. The predicted octanol–water partition coefficient (Wildman–Crippen LogP) is 5.96. The second kappa shape index (κ2) is 18.0. The molecule has 1 aromatic carbocycles. The van der Waals surface area contributed by atoms with E-state index in [4.69, 9.17) is 14.2 Å². The van der Waals surface area contributed by atoms with Crippen molar-refractivity contribution < 1.29 is 19.0 Å². The summed E-state index contributed by atoms with van der Waals surface area (Å²) < 4.78 is 18.5. The standard InChI is InChI=1S/C27H47NO4/c1-5-9-18-28(19-10-6-2)26(29)22-31-24-27(32-21-12-8-4,23-30-20-11-7-3)25-16-14-13-15-17-25/h13-17H,5-12,18-24H2,1-4H3. The van der Waals surface area contributed by atoms with Crippen LogP contribution in [-0.2, 0) is 24.6 Å². The summed E-state index contributed by atoms with van der Waals surface area (Å²) >= 11 is 0. The first-order valence-electron chi connectivity index (χ1n) is 12.8. The van der Waals surface area contributed by atoms with Crippen LogP contribution in [0.5, 0.6) is 0 Å². The molecule has 1 atom stereocenters. The Bertz CT molecular complexity index is 572. The maximum atomic E-state index is 12.9. The molecule has 0 spiro atoms. The highest BCUT2D eigenvalue weighted by Crippen LogP contribution is 2.28. The lowest BCUT2D eigenvalue weighted by atomic mass is 9.95. The van der Waals surface area contributed by atoms with Crippen molar-refractivity contribution in [3.8, 4) is 0 Å². The summed E-state index contributed by atoms with van der Waals surface area (Å²) in [5.74, 6) is 0.0642. The zero-order valence-electron chi connectivity index (χ0n) is 21.1. The molecule has 0 fully saturated rings. The summed E-state index contributed by atoms with van der Waals surface area (Å²) in [5.41, 5.74) is 0.330. The first kappa shape index (κ1) is 28.6. The maximum absolute atomic E-state index is 12.9. The summed E-state index contributed by atoms with van der Waals surface area (Å²) in [6, 6.07) is 10.2. The summed E-state index contributed by atoms with van der Waals surface area (Å²) in [7, 11) is 0. The smallest absolute Gasteiger partial charge is 0.248 e. The molecule has 0 saturated heterocycles. The number of amides is 1. The van der Waals surface area contributed by atoms with Crippen LogP contribution in [-0.4, -0.2) is 56.9 Å². The minimum atomic E-state index is -0.706. The van der Waals surface area contributed by atoms with Crippen LogP contribution in [0.4, 0.5) is 0 Å². The molecule has 0 radical (unpaired) electrons. The van der Waals surface area contributed by atoms with E-state index < -0.39 is 5.60 Å². The average molecular weight is 450 g/mol. The van der Waals surface area contributed by atoms with Crippen LogP contribution in [0.15, 0.2) is 30.3 Å². The monoisotopic (exact) mass is 449 g/mol. The van der Waals surface area contributed by atoms with Gasteiger partial charge in [0.2, 0.25) is 5.91 Å². The fraction of sp³-hybridized carbons (Fsp3) is 0.741. The number of carbonyl (C=O) groups is 1. The summed E-state index contributed by atoms with van der Waals surface area (Å²) in [4.78, 5) is 14.8. The number of hydrogen-bond acceptors (Lipinski definition) is 4. The normalized spacial score (nSPS) is 13.1. The van der Waals surface area contributed by atoms with Crippen molar-refractivity contribution >= 4 is 5.91 Å². The Kier molecular flexibility index (Phi) is 16.1. The van der Waals surface area contributed by atoms with Crippen molar-refractivity contribution in [3.63, 3.8) is 0 Å². The molecule has 0 aromatic heterocycles. The van der Waals surface area contributed by atoms with Gasteiger partial charge in [-0.25, -0.2) is 0 Å². The molecule has 0 N–H and O–H groups in total. The van der Waals surface area contributed by atoms with E-state index >= 15 is 0 Å². The van der Waals surface area contributed by atoms with Gasteiger partial charge in [-0.2, -0.15) is 0 Å². The molecule has 5 nitrogen and oxygen atoms in total. The van der Waals surface area contributed by atoms with Crippen LogP contribution < -0.4 is 0 Å². The number of hydrogen-bond donors (Lipinski definition) is 0. The molecule has 1 unspecified atom stereocenters. The Hall–Kier alpha value is -1.43. The van der Waals surface area contributed by atoms with Crippen LogP contribution in [0.25, 0.3) is 0 Å². The molecule has 0 heterocycles. The van der Waals surface area contributed by atoms with E-state index in [0.717, 1.165) is 70.0 Å². The van der Waals surface area contributed by atoms with Gasteiger partial charge < -0.3 is 19.1 Å². The van der Waals surface area contributed by atoms with E-state index in [-0.39, 0.29) is 12.5 Å². The van der Waals surface area contributed by atoms with E-state index in [1.165, 1.54) is 0 Å². The highest BCUT2D eigenvalue weighted by molar-refractivity contribution is 5.77. The van der Waals surface area contributed by atoms with Crippen LogP contribution in [0.2, 0.25) is 0 Å². The van der Waals surface area contributed by atoms with E-state index in [1.54, 1.807) is 0 Å². The number of ether oxygens (including phenoxy) is 3. The molecule has 0 aliphatic rings. The van der Waals surface area contributed by atoms with Crippen LogP contribution in [0, 0.1) is 0 Å². The van der Waals surface area contributed by atoms with Gasteiger partial charge in [0.05, 0.1) is 13.2 Å². The summed E-state index contributed by atoms with van der Waals surface area (Å²) in [6.07, 6.45) is 8.34. The SMILES string of the molecule is CCCCOCC(COCC(=O)N(CCCC)CCCC)(OCCCC)c1ccccc1. The van der Waals surface area contributed by atoms with Crippen molar-refractivity contribution in [2.45, 2.75) is 84.7 Å². The molecule has 1 rings (SSSR count). The molecule has 1 amide bonds. The van der Waals surface area contributed by atoms with Crippen molar-refractivity contribution in [1.29, 1.82) is 0 Å². The Morgan fingerprint density at radius 3 is 1.94 bits per heavy atom. The van der Waals surface area contributed by atoms with Gasteiger partial charge >= 0.3 is 0 Å². The van der Waals surface area contributed by atoms with Gasteiger partial charge in [-0.3, -0.25) is 4.79 Å². The molecular weight excluding hydrogens is 402 g/mol. The molecule has 5 heteroatoms. The van der Waals surface area contributed by atoms with Gasteiger partial charge in [0.1, 0.15) is 12.2 Å². The van der Waals surface area contributed by atoms with Crippen LogP contribution >= 0.6 is 0 Å². The molecular formula is C27H47NO4.